The fraction of sp³-hybridized carbons (Fsp3) is 0.0303. The van der Waals surface area contributed by atoms with Crippen LogP contribution in [0.3, 0.4) is 0 Å². The van der Waals surface area contributed by atoms with Gasteiger partial charge in [-0.25, -0.2) is 0 Å². The van der Waals surface area contributed by atoms with Gasteiger partial charge in [0, 0.05) is 32.6 Å². The molecule has 0 atom stereocenters. The molecule has 5 aromatic carbocycles. The van der Waals surface area contributed by atoms with Crippen molar-refractivity contribution in [1.29, 1.82) is 0 Å². The Morgan fingerprint density at radius 2 is 1.06 bits per heavy atom. The lowest BCUT2D eigenvalue weighted by Gasteiger charge is -2.10. The van der Waals surface area contributed by atoms with Crippen LogP contribution in [-0.4, -0.2) is 8.97 Å². The predicted octanol–water partition coefficient (Wildman–Crippen LogP) is 8.80. The minimum Gasteiger partial charge on any atom is -0.309 e. The summed E-state index contributed by atoms with van der Waals surface area (Å²) in [5.41, 5.74) is 8.72. The van der Waals surface area contributed by atoms with Crippen molar-refractivity contribution in [2.45, 2.75) is 6.92 Å². The average Bonchev–Trinajstić information content (AvgIpc) is 3.45. The number of pyridine rings is 1. The van der Waals surface area contributed by atoms with Crippen LogP contribution >= 0.6 is 0 Å². The highest BCUT2D eigenvalue weighted by atomic mass is 15.0. The van der Waals surface area contributed by atoms with Crippen LogP contribution in [0.2, 0.25) is 0 Å². The highest BCUT2D eigenvalue weighted by Gasteiger charge is 2.19. The quantitative estimate of drug-likeness (QED) is 0.223. The molecule has 0 spiro atoms. The number of aromatic nitrogens is 2. The molecular formula is C33H22N2. The maximum Gasteiger partial charge on any atom is 0.0635 e. The SMILES string of the molecule is Cc1cccc(-n2c3ccccc3c3ccc4c(cc5c6ccccc6c6ccccc6n54)c32)c1. The monoisotopic (exact) mass is 446 g/mol. The van der Waals surface area contributed by atoms with Gasteiger partial charge in [-0.1, -0.05) is 78.9 Å². The number of rotatable bonds is 1. The maximum atomic E-state index is 2.45. The van der Waals surface area contributed by atoms with Gasteiger partial charge in [-0.2, -0.15) is 0 Å². The van der Waals surface area contributed by atoms with Crippen molar-refractivity contribution in [3.8, 4) is 5.69 Å². The molecule has 8 rings (SSSR count). The largest absolute Gasteiger partial charge is 0.309 e. The standard InChI is InChI=1S/C33H22N2/c1-21-9-8-10-22(19-21)34-29-15-6-5-14-26(29)27-17-18-31-28(33(27)34)20-32-25-13-3-2-11-23(25)24-12-4-7-16-30(24)35(31)32/h2-20H,1H3. The Labute approximate surface area is 202 Å². The molecule has 3 aromatic heterocycles. The van der Waals surface area contributed by atoms with E-state index >= 15 is 0 Å². The first kappa shape index (κ1) is 18.8. The first-order chi connectivity index (χ1) is 17.3. The van der Waals surface area contributed by atoms with Crippen LogP contribution in [0.4, 0.5) is 0 Å². The highest BCUT2D eigenvalue weighted by molar-refractivity contribution is 6.22. The van der Waals surface area contributed by atoms with Gasteiger partial charge in [-0.05, 0) is 54.3 Å². The molecule has 0 saturated heterocycles. The first-order valence-electron chi connectivity index (χ1n) is 12.1. The molecule has 2 heteroatoms. The first-order valence-corrected chi connectivity index (χ1v) is 12.1. The van der Waals surface area contributed by atoms with Crippen molar-refractivity contribution in [1.82, 2.24) is 8.97 Å². The Hall–Kier alpha value is -4.56. The van der Waals surface area contributed by atoms with Gasteiger partial charge in [-0.3, -0.25) is 0 Å². The molecule has 0 aliphatic heterocycles. The second-order valence-electron chi connectivity index (χ2n) is 9.51. The molecule has 2 nitrogen and oxygen atoms in total. The van der Waals surface area contributed by atoms with E-state index in [9.17, 15) is 0 Å². The third-order valence-electron chi connectivity index (χ3n) is 7.51. The van der Waals surface area contributed by atoms with E-state index in [-0.39, 0.29) is 0 Å². The Kier molecular flexibility index (Phi) is 3.62. The molecule has 0 radical (unpaired) electrons. The average molecular weight is 447 g/mol. The Balaban J connectivity index is 1.67. The molecule has 164 valence electrons. The third kappa shape index (κ3) is 2.43. The Bertz CT molecular complexity index is 2120. The summed E-state index contributed by atoms with van der Waals surface area (Å²) in [5.74, 6) is 0. The number of para-hydroxylation sites is 2. The van der Waals surface area contributed by atoms with E-state index in [1.54, 1.807) is 0 Å². The van der Waals surface area contributed by atoms with Crippen LogP contribution in [0, 0.1) is 6.92 Å². The number of nitrogens with zero attached hydrogens (tertiary/aromatic N) is 2. The lowest BCUT2D eigenvalue weighted by molar-refractivity contribution is 1.18. The molecule has 0 saturated carbocycles. The van der Waals surface area contributed by atoms with Gasteiger partial charge in [0.2, 0.25) is 0 Å². The summed E-state index contributed by atoms with van der Waals surface area (Å²) in [6.07, 6.45) is 0. The molecule has 8 aromatic rings. The van der Waals surface area contributed by atoms with Gasteiger partial charge >= 0.3 is 0 Å². The molecule has 0 aliphatic carbocycles. The van der Waals surface area contributed by atoms with Crippen molar-refractivity contribution < 1.29 is 0 Å². The minimum absolute atomic E-state index is 1.20. The van der Waals surface area contributed by atoms with E-state index < -0.39 is 0 Å². The topological polar surface area (TPSA) is 9.34 Å². The molecule has 0 amide bonds. The van der Waals surface area contributed by atoms with Crippen molar-refractivity contribution in [3.63, 3.8) is 0 Å². The van der Waals surface area contributed by atoms with Gasteiger partial charge in [0.1, 0.15) is 0 Å². The Morgan fingerprint density at radius 1 is 0.429 bits per heavy atom. The van der Waals surface area contributed by atoms with Crippen LogP contribution in [0.1, 0.15) is 5.56 Å². The number of benzene rings is 5. The van der Waals surface area contributed by atoms with Gasteiger partial charge in [-0.15, -0.1) is 0 Å². The molecule has 0 N–H and O–H groups in total. The minimum atomic E-state index is 1.20. The van der Waals surface area contributed by atoms with E-state index in [0.717, 1.165) is 0 Å². The predicted molar refractivity (Wildman–Crippen MR) is 149 cm³/mol. The second kappa shape index (κ2) is 6.74. The summed E-state index contributed by atoms with van der Waals surface area (Å²) < 4.78 is 4.90. The van der Waals surface area contributed by atoms with Crippen molar-refractivity contribution in [3.05, 3.63) is 121 Å². The van der Waals surface area contributed by atoms with Gasteiger partial charge in [0.05, 0.1) is 27.6 Å². The fourth-order valence-corrected chi connectivity index (χ4v) is 6.07. The van der Waals surface area contributed by atoms with Crippen LogP contribution in [0.15, 0.2) is 115 Å². The van der Waals surface area contributed by atoms with Crippen molar-refractivity contribution in [2.75, 3.05) is 0 Å². The number of hydrogen-bond donors (Lipinski definition) is 0. The zero-order chi connectivity index (χ0) is 23.1. The van der Waals surface area contributed by atoms with E-state index in [0.29, 0.717) is 0 Å². The molecule has 35 heavy (non-hydrogen) atoms. The number of aryl methyl sites for hydroxylation is 1. The van der Waals surface area contributed by atoms with Crippen LogP contribution in [0.25, 0.3) is 65.6 Å². The lowest BCUT2D eigenvalue weighted by atomic mass is 10.1. The number of hydrogen-bond acceptors (Lipinski definition) is 0. The summed E-state index contributed by atoms with van der Waals surface area (Å²) in [5, 5.41) is 7.73. The fourth-order valence-electron chi connectivity index (χ4n) is 6.07. The van der Waals surface area contributed by atoms with Crippen molar-refractivity contribution >= 4 is 59.9 Å². The van der Waals surface area contributed by atoms with Gasteiger partial charge < -0.3 is 8.97 Å². The third-order valence-corrected chi connectivity index (χ3v) is 7.51. The smallest absolute Gasteiger partial charge is 0.0635 e. The summed E-state index contributed by atoms with van der Waals surface area (Å²) in [6, 6.07) is 42.2. The second-order valence-corrected chi connectivity index (χ2v) is 9.51. The zero-order valence-electron chi connectivity index (χ0n) is 19.4. The molecule has 0 aliphatic rings. The maximum absolute atomic E-state index is 2.45. The van der Waals surface area contributed by atoms with Gasteiger partial charge in [0.15, 0.2) is 0 Å². The van der Waals surface area contributed by atoms with Crippen LogP contribution in [-0.2, 0) is 0 Å². The zero-order valence-corrected chi connectivity index (χ0v) is 19.4. The Morgan fingerprint density at radius 3 is 1.83 bits per heavy atom. The molecule has 3 heterocycles. The molecule has 0 unspecified atom stereocenters. The highest BCUT2D eigenvalue weighted by Crippen LogP contribution is 2.40. The normalized spacial score (nSPS) is 12.1. The van der Waals surface area contributed by atoms with Crippen LogP contribution < -0.4 is 0 Å². The molecular weight excluding hydrogens is 424 g/mol. The van der Waals surface area contributed by atoms with E-state index in [2.05, 4.69) is 131 Å². The van der Waals surface area contributed by atoms with E-state index in [4.69, 9.17) is 0 Å². The molecule has 0 fully saturated rings. The number of fused-ring (bicyclic) bond motifs is 12. The van der Waals surface area contributed by atoms with Gasteiger partial charge in [0.25, 0.3) is 0 Å². The van der Waals surface area contributed by atoms with E-state index in [1.165, 1.54) is 71.2 Å². The summed E-state index contributed by atoms with van der Waals surface area (Å²) in [7, 11) is 0. The summed E-state index contributed by atoms with van der Waals surface area (Å²) in [6.45, 7) is 2.16. The van der Waals surface area contributed by atoms with Crippen molar-refractivity contribution in [2.24, 2.45) is 0 Å². The summed E-state index contributed by atoms with van der Waals surface area (Å²) in [4.78, 5) is 0. The summed E-state index contributed by atoms with van der Waals surface area (Å²) >= 11 is 0. The van der Waals surface area contributed by atoms with Crippen LogP contribution in [0.5, 0.6) is 0 Å². The van der Waals surface area contributed by atoms with E-state index in [1.807, 2.05) is 0 Å². The molecule has 0 bridgehead atoms. The lowest BCUT2D eigenvalue weighted by Crippen LogP contribution is -1.94.